The summed E-state index contributed by atoms with van der Waals surface area (Å²) in [5.74, 6) is 0. The highest BCUT2D eigenvalue weighted by Crippen LogP contribution is 2.25. The first-order chi connectivity index (χ1) is 8.45. The molecule has 1 N–H and O–H groups in total. The van der Waals surface area contributed by atoms with E-state index < -0.39 is 18.0 Å². The lowest BCUT2D eigenvalue weighted by Crippen LogP contribution is -2.27. The molecule has 0 spiro atoms. The predicted molar refractivity (Wildman–Crippen MR) is 64.7 cm³/mol. The predicted octanol–water partition coefficient (Wildman–Crippen LogP) is 3.08. The number of hydrogen-bond donors (Lipinski definition) is 1. The second-order valence-corrected chi connectivity index (χ2v) is 4.04. The van der Waals surface area contributed by atoms with E-state index in [1.54, 1.807) is 13.8 Å². The molecule has 0 bridgehead atoms. The molecule has 0 amide bonds. The number of ether oxygens (including phenoxy) is 1. The van der Waals surface area contributed by atoms with E-state index >= 15 is 0 Å². The number of rotatable bonds is 6. The molecule has 0 aliphatic heterocycles. The molecule has 1 rings (SSSR count). The molecular weight excluding hydrogens is 236 g/mol. The highest BCUT2D eigenvalue weighted by atomic mass is 17.2. The van der Waals surface area contributed by atoms with Crippen molar-refractivity contribution >= 4 is 6.16 Å². The summed E-state index contributed by atoms with van der Waals surface area (Å²) in [6, 6.07) is 9.40. The molecule has 0 saturated heterocycles. The largest absolute Gasteiger partial charge is 0.508 e. The minimum absolute atomic E-state index is 0.732. The van der Waals surface area contributed by atoms with E-state index in [1.807, 2.05) is 30.3 Å². The standard InChI is InChI=1S/C13H16O5/c1-4-11(16-12(14)15)17-18-13(2,3)10-8-6-5-7-9-10/h4-9,11H,1H2,2-3H3,(H,14,15). The van der Waals surface area contributed by atoms with Gasteiger partial charge >= 0.3 is 6.16 Å². The lowest BCUT2D eigenvalue weighted by Gasteiger charge is -2.25. The third-order valence-electron chi connectivity index (χ3n) is 2.23. The van der Waals surface area contributed by atoms with Crippen molar-refractivity contribution in [1.29, 1.82) is 0 Å². The highest BCUT2D eigenvalue weighted by Gasteiger charge is 2.24. The number of carboxylic acid groups (broad SMARTS) is 1. The number of benzene rings is 1. The Morgan fingerprint density at radius 1 is 1.39 bits per heavy atom. The lowest BCUT2D eigenvalue weighted by atomic mass is 9.99. The van der Waals surface area contributed by atoms with Crippen molar-refractivity contribution in [2.24, 2.45) is 0 Å². The van der Waals surface area contributed by atoms with Crippen molar-refractivity contribution in [3.63, 3.8) is 0 Å². The third kappa shape index (κ3) is 4.20. The van der Waals surface area contributed by atoms with Crippen molar-refractivity contribution in [2.45, 2.75) is 25.7 Å². The Labute approximate surface area is 106 Å². The Morgan fingerprint density at radius 3 is 2.50 bits per heavy atom. The number of hydrogen-bond acceptors (Lipinski definition) is 4. The summed E-state index contributed by atoms with van der Waals surface area (Å²) in [5, 5.41) is 8.46. The van der Waals surface area contributed by atoms with Crippen molar-refractivity contribution in [3.8, 4) is 0 Å². The zero-order valence-corrected chi connectivity index (χ0v) is 10.3. The van der Waals surface area contributed by atoms with Gasteiger partial charge < -0.3 is 9.84 Å². The summed E-state index contributed by atoms with van der Waals surface area (Å²) in [6.45, 7) is 6.98. The van der Waals surface area contributed by atoms with Gasteiger partial charge in [0.2, 0.25) is 0 Å². The molecule has 1 aromatic carbocycles. The summed E-state index contributed by atoms with van der Waals surface area (Å²) in [4.78, 5) is 20.5. The maximum atomic E-state index is 10.4. The first-order valence-electron chi connectivity index (χ1n) is 5.38. The zero-order valence-electron chi connectivity index (χ0n) is 10.3. The summed E-state index contributed by atoms with van der Waals surface area (Å²) in [5.41, 5.74) is 0.160. The van der Waals surface area contributed by atoms with Crippen molar-refractivity contribution in [3.05, 3.63) is 48.6 Å². The van der Waals surface area contributed by atoms with Crippen molar-refractivity contribution in [1.82, 2.24) is 0 Å². The highest BCUT2D eigenvalue weighted by molar-refractivity contribution is 5.57. The lowest BCUT2D eigenvalue weighted by molar-refractivity contribution is -0.405. The molecule has 98 valence electrons. The van der Waals surface area contributed by atoms with Gasteiger partial charge in [-0.15, -0.1) is 0 Å². The minimum atomic E-state index is -1.46. The first-order valence-corrected chi connectivity index (χ1v) is 5.38. The molecule has 0 aromatic heterocycles. The van der Waals surface area contributed by atoms with Gasteiger partial charge in [-0.2, -0.15) is 4.89 Å². The monoisotopic (exact) mass is 252 g/mol. The van der Waals surface area contributed by atoms with Crippen LogP contribution in [0, 0.1) is 0 Å². The minimum Gasteiger partial charge on any atom is -0.450 e. The van der Waals surface area contributed by atoms with Crippen LogP contribution in [0.3, 0.4) is 0 Å². The Balaban J connectivity index is 2.61. The molecule has 1 atom stereocenters. The molecule has 0 saturated carbocycles. The fraction of sp³-hybridized carbons (Fsp3) is 0.308. The van der Waals surface area contributed by atoms with Gasteiger partial charge in [-0.05, 0) is 25.5 Å². The first kappa shape index (κ1) is 14.2. The van der Waals surface area contributed by atoms with E-state index in [4.69, 9.17) is 14.9 Å². The Morgan fingerprint density at radius 2 is 2.00 bits per heavy atom. The molecule has 5 nitrogen and oxygen atoms in total. The van der Waals surface area contributed by atoms with Crippen LogP contribution in [0.1, 0.15) is 19.4 Å². The van der Waals surface area contributed by atoms with Crippen LogP contribution < -0.4 is 0 Å². The zero-order chi connectivity index (χ0) is 13.6. The molecule has 0 radical (unpaired) electrons. The molecule has 1 aromatic rings. The van der Waals surface area contributed by atoms with Crippen LogP contribution in [0.4, 0.5) is 4.79 Å². The SMILES string of the molecule is C=CC(OOC(C)(C)c1ccccc1)OC(=O)O. The average molecular weight is 252 g/mol. The molecule has 18 heavy (non-hydrogen) atoms. The van der Waals surface area contributed by atoms with Crippen molar-refractivity contribution in [2.75, 3.05) is 0 Å². The van der Waals surface area contributed by atoms with Crippen LogP contribution in [0.15, 0.2) is 43.0 Å². The van der Waals surface area contributed by atoms with Crippen LogP contribution in [0.2, 0.25) is 0 Å². The summed E-state index contributed by atoms with van der Waals surface area (Å²) >= 11 is 0. The topological polar surface area (TPSA) is 65.0 Å². The third-order valence-corrected chi connectivity index (χ3v) is 2.23. The average Bonchev–Trinajstić information content (AvgIpc) is 2.35. The van der Waals surface area contributed by atoms with Gasteiger partial charge in [-0.1, -0.05) is 36.9 Å². The maximum Gasteiger partial charge on any atom is 0.508 e. The molecule has 5 heteroatoms. The Hall–Kier alpha value is -1.85. The van der Waals surface area contributed by atoms with Gasteiger partial charge in [-0.25, -0.2) is 9.68 Å². The van der Waals surface area contributed by atoms with E-state index in [2.05, 4.69) is 11.3 Å². The molecule has 0 fully saturated rings. The van der Waals surface area contributed by atoms with Crippen LogP contribution in [0.25, 0.3) is 0 Å². The normalized spacial score (nSPS) is 12.8. The van der Waals surface area contributed by atoms with E-state index in [0.29, 0.717) is 0 Å². The van der Waals surface area contributed by atoms with Crippen molar-refractivity contribution < 1.29 is 24.4 Å². The summed E-state index contributed by atoms with van der Waals surface area (Å²) in [6.07, 6.45) is -1.43. The smallest absolute Gasteiger partial charge is 0.450 e. The maximum absolute atomic E-state index is 10.4. The van der Waals surface area contributed by atoms with Gasteiger partial charge in [0.1, 0.15) is 5.60 Å². The molecule has 0 heterocycles. The fourth-order valence-electron chi connectivity index (χ4n) is 1.26. The van der Waals surface area contributed by atoms with Crippen LogP contribution in [-0.4, -0.2) is 17.6 Å². The van der Waals surface area contributed by atoms with Crippen LogP contribution >= 0.6 is 0 Å². The van der Waals surface area contributed by atoms with Gasteiger partial charge in [0, 0.05) is 0 Å². The van der Waals surface area contributed by atoms with E-state index in [1.165, 1.54) is 6.08 Å². The molecular formula is C13H16O5. The summed E-state index contributed by atoms with van der Waals surface area (Å²) in [7, 11) is 0. The molecule has 0 aliphatic rings. The quantitative estimate of drug-likeness (QED) is 0.277. The van der Waals surface area contributed by atoms with Gasteiger partial charge in [0.15, 0.2) is 0 Å². The van der Waals surface area contributed by atoms with E-state index in [0.717, 1.165) is 5.56 Å². The number of carbonyl (C=O) groups is 1. The van der Waals surface area contributed by atoms with Gasteiger partial charge in [0.25, 0.3) is 6.29 Å². The van der Waals surface area contributed by atoms with E-state index in [-0.39, 0.29) is 0 Å². The fourth-order valence-corrected chi connectivity index (χ4v) is 1.26. The second-order valence-electron chi connectivity index (χ2n) is 4.04. The van der Waals surface area contributed by atoms with Gasteiger partial charge in [-0.3, -0.25) is 0 Å². The summed E-state index contributed by atoms with van der Waals surface area (Å²) < 4.78 is 4.38. The van der Waals surface area contributed by atoms with Crippen LogP contribution in [-0.2, 0) is 20.1 Å². The molecule has 0 aliphatic carbocycles. The molecule has 1 unspecified atom stereocenters. The van der Waals surface area contributed by atoms with Crippen LogP contribution in [0.5, 0.6) is 0 Å². The Bertz CT molecular complexity index is 399. The Kier molecular flexibility index (Phi) is 4.88. The van der Waals surface area contributed by atoms with Gasteiger partial charge in [0.05, 0.1) is 0 Å². The second kappa shape index (κ2) is 6.18. The van der Waals surface area contributed by atoms with E-state index in [9.17, 15) is 4.79 Å².